The zero-order valence-electron chi connectivity index (χ0n) is 9.06. The molecule has 0 bridgehead atoms. The van der Waals surface area contributed by atoms with Crippen LogP contribution in [0.2, 0.25) is 0 Å². The van der Waals surface area contributed by atoms with Gasteiger partial charge in [0.05, 0.1) is 0 Å². The molecule has 1 aromatic rings. The zero-order chi connectivity index (χ0) is 11.8. The Morgan fingerprint density at radius 3 is 2.75 bits per heavy atom. The molecule has 1 unspecified atom stereocenters. The second-order valence-electron chi connectivity index (χ2n) is 4.07. The molecule has 0 saturated carbocycles. The number of halogens is 3. The molecule has 1 aliphatic heterocycles. The number of alkyl halides is 3. The van der Waals surface area contributed by atoms with Gasteiger partial charge in [-0.1, -0.05) is 25.1 Å². The fraction of sp³-hybridized carbons (Fsp3) is 0.500. The summed E-state index contributed by atoms with van der Waals surface area (Å²) in [6, 6.07) is 3.92. The van der Waals surface area contributed by atoms with Crippen LogP contribution in [0.25, 0.3) is 0 Å². The molecule has 0 amide bonds. The van der Waals surface area contributed by atoms with Gasteiger partial charge < -0.3 is 5.32 Å². The molecule has 0 aliphatic carbocycles. The lowest BCUT2D eigenvalue weighted by Gasteiger charge is -2.29. The largest absolute Gasteiger partial charge is 0.407 e. The molecule has 1 aromatic carbocycles. The lowest BCUT2D eigenvalue weighted by Crippen LogP contribution is -2.39. The van der Waals surface area contributed by atoms with Crippen molar-refractivity contribution in [3.63, 3.8) is 0 Å². The average molecular weight is 229 g/mol. The zero-order valence-corrected chi connectivity index (χ0v) is 9.06. The first-order chi connectivity index (χ1) is 7.52. The van der Waals surface area contributed by atoms with Crippen LogP contribution in [-0.2, 0) is 12.8 Å². The van der Waals surface area contributed by atoms with Gasteiger partial charge >= 0.3 is 6.18 Å². The summed E-state index contributed by atoms with van der Waals surface area (Å²) in [7, 11) is 0. The minimum atomic E-state index is -4.21. The Morgan fingerprint density at radius 1 is 1.38 bits per heavy atom. The van der Waals surface area contributed by atoms with E-state index in [1.807, 2.05) is 19.1 Å². The summed E-state index contributed by atoms with van der Waals surface area (Å²) >= 11 is 0. The van der Waals surface area contributed by atoms with Gasteiger partial charge in [-0.2, -0.15) is 13.2 Å². The third-order valence-corrected chi connectivity index (χ3v) is 3.00. The van der Waals surface area contributed by atoms with Crippen LogP contribution in [0, 0.1) is 0 Å². The Bertz CT molecular complexity index is 384. The highest BCUT2D eigenvalue weighted by Gasteiger charge is 2.42. The summed E-state index contributed by atoms with van der Waals surface area (Å²) in [5.74, 6) is 0. The first-order valence-electron chi connectivity index (χ1n) is 5.44. The molecule has 1 heterocycles. The maximum Gasteiger partial charge on any atom is 0.407 e. The summed E-state index contributed by atoms with van der Waals surface area (Å²) in [5.41, 5.74) is 2.17. The van der Waals surface area contributed by atoms with Gasteiger partial charge in [0, 0.05) is 6.54 Å². The van der Waals surface area contributed by atoms with E-state index >= 15 is 0 Å². The van der Waals surface area contributed by atoms with Crippen LogP contribution in [0.3, 0.4) is 0 Å². The van der Waals surface area contributed by atoms with Gasteiger partial charge in [-0.25, -0.2) is 0 Å². The van der Waals surface area contributed by atoms with E-state index in [1.54, 1.807) is 6.07 Å². The van der Waals surface area contributed by atoms with E-state index < -0.39 is 12.2 Å². The van der Waals surface area contributed by atoms with Crippen LogP contribution in [0.1, 0.15) is 29.7 Å². The van der Waals surface area contributed by atoms with Crippen molar-refractivity contribution in [3.8, 4) is 0 Å². The Balaban J connectivity index is 2.43. The van der Waals surface area contributed by atoms with Crippen molar-refractivity contribution in [2.45, 2.75) is 32.0 Å². The SMILES string of the molecule is CCc1ccc2c(c1)C(C(F)(F)F)NCC2. The number of hydrogen-bond acceptors (Lipinski definition) is 1. The molecule has 88 valence electrons. The first kappa shape index (κ1) is 11.5. The molecule has 0 spiro atoms. The van der Waals surface area contributed by atoms with E-state index in [0.29, 0.717) is 18.5 Å². The number of benzene rings is 1. The molecule has 16 heavy (non-hydrogen) atoms. The summed E-state index contributed by atoms with van der Waals surface area (Å²) in [4.78, 5) is 0. The number of nitrogens with one attached hydrogen (secondary N) is 1. The second kappa shape index (κ2) is 4.09. The summed E-state index contributed by atoms with van der Waals surface area (Å²) < 4.78 is 38.4. The third kappa shape index (κ3) is 2.07. The Labute approximate surface area is 92.7 Å². The van der Waals surface area contributed by atoms with Gasteiger partial charge in [0.25, 0.3) is 0 Å². The quantitative estimate of drug-likeness (QED) is 0.780. The van der Waals surface area contributed by atoms with Gasteiger partial charge in [-0.05, 0) is 29.5 Å². The summed E-state index contributed by atoms with van der Waals surface area (Å²) in [5, 5.41) is 2.54. The first-order valence-corrected chi connectivity index (χ1v) is 5.44. The fourth-order valence-corrected chi connectivity index (χ4v) is 2.11. The van der Waals surface area contributed by atoms with Crippen LogP contribution >= 0.6 is 0 Å². The van der Waals surface area contributed by atoms with Crippen molar-refractivity contribution >= 4 is 0 Å². The van der Waals surface area contributed by atoms with Crippen LogP contribution in [-0.4, -0.2) is 12.7 Å². The maximum absolute atomic E-state index is 12.8. The molecule has 0 fully saturated rings. The second-order valence-corrected chi connectivity index (χ2v) is 4.07. The summed E-state index contributed by atoms with van der Waals surface area (Å²) in [6.07, 6.45) is -2.77. The topological polar surface area (TPSA) is 12.0 Å². The maximum atomic E-state index is 12.8. The van der Waals surface area contributed by atoms with Crippen molar-refractivity contribution < 1.29 is 13.2 Å². The summed E-state index contributed by atoms with van der Waals surface area (Å²) in [6.45, 7) is 2.34. The van der Waals surface area contributed by atoms with Crippen LogP contribution < -0.4 is 5.32 Å². The molecule has 1 aliphatic rings. The molecule has 0 saturated heterocycles. The van der Waals surface area contributed by atoms with E-state index in [9.17, 15) is 13.2 Å². The predicted octanol–water partition coefficient (Wildman–Crippen LogP) is 3.00. The van der Waals surface area contributed by atoms with Gasteiger partial charge in [-0.15, -0.1) is 0 Å². The van der Waals surface area contributed by atoms with Gasteiger partial charge in [0.2, 0.25) is 0 Å². The highest BCUT2D eigenvalue weighted by molar-refractivity contribution is 5.37. The van der Waals surface area contributed by atoms with E-state index in [1.165, 1.54) is 0 Å². The normalized spacial score (nSPS) is 20.6. The van der Waals surface area contributed by atoms with E-state index in [0.717, 1.165) is 17.5 Å². The Hall–Kier alpha value is -1.03. The van der Waals surface area contributed by atoms with Crippen LogP contribution in [0.4, 0.5) is 13.2 Å². The predicted molar refractivity (Wildman–Crippen MR) is 56.3 cm³/mol. The van der Waals surface area contributed by atoms with Gasteiger partial charge in [-0.3, -0.25) is 0 Å². The van der Waals surface area contributed by atoms with Crippen molar-refractivity contribution in [1.29, 1.82) is 0 Å². The molecule has 1 N–H and O–H groups in total. The molecule has 4 heteroatoms. The van der Waals surface area contributed by atoms with Crippen molar-refractivity contribution in [1.82, 2.24) is 5.32 Å². The highest BCUT2D eigenvalue weighted by Crippen LogP contribution is 2.36. The fourth-order valence-electron chi connectivity index (χ4n) is 2.11. The third-order valence-electron chi connectivity index (χ3n) is 3.00. The van der Waals surface area contributed by atoms with E-state index in [4.69, 9.17) is 0 Å². The standard InChI is InChI=1S/C12H14F3N/c1-2-8-3-4-9-5-6-16-11(10(9)7-8)12(13,14)15/h3-4,7,11,16H,2,5-6H2,1H3. The highest BCUT2D eigenvalue weighted by atomic mass is 19.4. The molecular formula is C12H14F3N. The van der Waals surface area contributed by atoms with Crippen molar-refractivity contribution in [2.75, 3.05) is 6.54 Å². The van der Waals surface area contributed by atoms with Gasteiger partial charge in [0.1, 0.15) is 6.04 Å². The Kier molecular flexibility index (Phi) is 2.93. The van der Waals surface area contributed by atoms with Crippen molar-refractivity contribution in [3.05, 3.63) is 34.9 Å². The lowest BCUT2D eigenvalue weighted by atomic mass is 9.91. The smallest absolute Gasteiger partial charge is 0.302 e. The van der Waals surface area contributed by atoms with Gasteiger partial charge in [0.15, 0.2) is 0 Å². The Morgan fingerprint density at radius 2 is 2.12 bits per heavy atom. The lowest BCUT2D eigenvalue weighted by molar-refractivity contribution is -0.158. The number of fused-ring (bicyclic) bond motifs is 1. The molecule has 0 aromatic heterocycles. The van der Waals surface area contributed by atoms with Crippen molar-refractivity contribution in [2.24, 2.45) is 0 Å². The number of aryl methyl sites for hydroxylation is 1. The molecule has 2 rings (SSSR count). The average Bonchev–Trinajstić information content (AvgIpc) is 2.26. The monoisotopic (exact) mass is 229 g/mol. The molecular weight excluding hydrogens is 215 g/mol. The molecule has 1 nitrogen and oxygen atoms in total. The minimum Gasteiger partial charge on any atom is -0.302 e. The van der Waals surface area contributed by atoms with E-state index in [-0.39, 0.29) is 0 Å². The van der Waals surface area contributed by atoms with Crippen LogP contribution in [0.5, 0.6) is 0 Å². The van der Waals surface area contributed by atoms with E-state index in [2.05, 4.69) is 5.32 Å². The number of hydrogen-bond donors (Lipinski definition) is 1. The number of rotatable bonds is 1. The minimum absolute atomic E-state index is 0.392. The molecule has 1 atom stereocenters. The molecule has 0 radical (unpaired) electrons. The van der Waals surface area contributed by atoms with Crippen LogP contribution in [0.15, 0.2) is 18.2 Å².